The average molecular weight is 433 g/mol. The van der Waals surface area contributed by atoms with Gasteiger partial charge < -0.3 is 14.7 Å². The molecule has 5 nitrogen and oxygen atoms in total. The summed E-state index contributed by atoms with van der Waals surface area (Å²) in [7, 11) is 0. The Balaban J connectivity index is 1.41. The van der Waals surface area contributed by atoms with Crippen molar-refractivity contribution in [1.82, 2.24) is 9.88 Å². The molecule has 0 spiro atoms. The number of likely N-dealkylation sites (tertiary alicyclic amines) is 1. The van der Waals surface area contributed by atoms with Gasteiger partial charge in [0.05, 0.1) is 18.2 Å². The molecule has 1 aliphatic carbocycles. The third-order valence-electron chi connectivity index (χ3n) is 6.28. The van der Waals surface area contributed by atoms with Crippen LogP contribution in [0.5, 0.6) is 5.75 Å². The topological polar surface area (TPSA) is 62.7 Å². The van der Waals surface area contributed by atoms with Gasteiger partial charge in [-0.25, -0.2) is 4.39 Å². The number of rotatable bonds is 4. The molecule has 1 aromatic heterocycles. The van der Waals surface area contributed by atoms with Gasteiger partial charge >= 0.3 is 0 Å². The first-order valence-corrected chi connectivity index (χ1v) is 10.7. The normalized spacial score (nSPS) is 25.8. The maximum Gasteiger partial charge on any atom is 0.227 e. The number of nitrogens with zero attached hydrogens (tertiary/aromatic N) is 2. The first-order valence-electron chi connectivity index (χ1n) is 10.3. The molecule has 30 heavy (non-hydrogen) atoms. The van der Waals surface area contributed by atoms with Gasteiger partial charge in [-0.1, -0.05) is 17.7 Å². The number of benzene rings is 1. The number of hydrogen-bond donors (Lipinski definition) is 1. The highest BCUT2D eigenvalue weighted by Crippen LogP contribution is 2.38. The third kappa shape index (κ3) is 4.30. The molecule has 2 heterocycles. The van der Waals surface area contributed by atoms with Crippen LogP contribution >= 0.6 is 11.6 Å². The second kappa shape index (κ2) is 8.52. The number of fused-ring (bicyclic) bond motifs is 1. The molecule has 1 saturated heterocycles. The molecule has 2 aliphatic rings. The van der Waals surface area contributed by atoms with Crippen molar-refractivity contribution in [3.8, 4) is 5.75 Å². The minimum absolute atomic E-state index is 0.0539. The van der Waals surface area contributed by atoms with E-state index in [1.165, 1.54) is 12.1 Å². The lowest BCUT2D eigenvalue weighted by atomic mass is 9.78. The van der Waals surface area contributed by atoms with Crippen molar-refractivity contribution in [3.63, 3.8) is 0 Å². The van der Waals surface area contributed by atoms with Crippen LogP contribution < -0.4 is 4.74 Å². The Kier molecular flexibility index (Phi) is 5.98. The van der Waals surface area contributed by atoms with E-state index in [4.69, 9.17) is 16.3 Å². The summed E-state index contributed by atoms with van der Waals surface area (Å²) >= 11 is 6.07. The quantitative estimate of drug-likeness (QED) is 0.800. The zero-order valence-corrected chi connectivity index (χ0v) is 17.9. The minimum atomic E-state index is -0.594. The van der Waals surface area contributed by atoms with Gasteiger partial charge in [-0.05, 0) is 62.8 Å². The minimum Gasteiger partial charge on any atom is -0.486 e. The molecule has 7 heteroatoms. The van der Waals surface area contributed by atoms with Gasteiger partial charge in [-0.15, -0.1) is 0 Å². The summed E-state index contributed by atoms with van der Waals surface area (Å²) < 4.78 is 20.2. The van der Waals surface area contributed by atoms with Crippen LogP contribution in [0.3, 0.4) is 0 Å². The maximum absolute atomic E-state index is 14.1. The summed E-state index contributed by atoms with van der Waals surface area (Å²) in [5, 5.41) is 10.9. The fourth-order valence-electron chi connectivity index (χ4n) is 4.65. The van der Waals surface area contributed by atoms with Crippen LogP contribution in [0.4, 0.5) is 4.39 Å². The highest BCUT2D eigenvalue weighted by atomic mass is 35.5. The number of aryl methyl sites for hydroxylation is 2. The largest absolute Gasteiger partial charge is 0.486 e. The summed E-state index contributed by atoms with van der Waals surface area (Å²) in [5.74, 6) is 0.554. The van der Waals surface area contributed by atoms with Crippen LogP contribution in [0.25, 0.3) is 0 Å². The first kappa shape index (κ1) is 21.1. The Labute approximate surface area is 180 Å². The number of halogens is 2. The smallest absolute Gasteiger partial charge is 0.227 e. The van der Waals surface area contributed by atoms with Crippen LogP contribution in [-0.2, 0) is 11.2 Å². The predicted octanol–water partition coefficient (Wildman–Crippen LogP) is 3.71. The number of carbonyl (C=O) groups excluding carboxylic acids is 1. The van der Waals surface area contributed by atoms with Gasteiger partial charge in [0.15, 0.2) is 0 Å². The van der Waals surface area contributed by atoms with Gasteiger partial charge in [0.25, 0.3) is 0 Å². The summed E-state index contributed by atoms with van der Waals surface area (Å²) in [5.41, 5.74) is 1.96. The number of ether oxygens (including phenoxy) is 1. The number of pyridine rings is 1. The van der Waals surface area contributed by atoms with E-state index in [0.29, 0.717) is 31.7 Å². The van der Waals surface area contributed by atoms with E-state index >= 15 is 0 Å². The second-order valence-corrected chi connectivity index (χ2v) is 8.83. The first-order chi connectivity index (χ1) is 14.3. The van der Waals surface area contributed by atoms with Crippen molar-refractivity contribution in [2.45, 2.75) is 45.3 Å². The molecule has 160 valence electrons. The number of aliphatic hydroxyl groups excluding tert-OH is 1. The molecular formula is C23H26ClFN2O3. The van der Waals surface area contributed by atoms with E-state index in [1.807, 2.05) is 26.0 Å². The predicted molar refractivity (Wildman–Crippen MR) is 112 cm³/mol. The van der Waals surface area contributed by atoms with Gasteiger partial charge in [0.2, 0.25) is 5.91 Å². The van der Waals surface area contributed by atoms with Crippen molar-refractivity contribution >= 4 is 17.5 Å². The van der Waals surface area contributed by atoms with Crippen molar-refractivity contribution in [2.24, 2.45) is 11.8 Å². The van der Waals surface area contributed by atoms with Gasteiger partial charge in [0.1, 0.15) is 17.7 Å². The van der Waals surface area contributed by atoms with Crippen LogP contribution in [-0.4, -0.2) is 46.2 Å². The van der Waals surface area contributed by atoms with E-state index in [2.05, 4.69) is 4.98 Å². The molecular weight excluding hydrogens is 407 g/mol. The number of aromatic nitrogens is 1. The molecule has 1 N–H and O–H groups in total. The van der Waals surface area contributed by atoms with Crippen LogP contribution in [0, 0.1) is 31.5 Å². The number of aliphatic hydroxyl groups is 1. The van der Waals surface area contributed by atoms with Crippen LogP contribution in [0.2, 0.25) is 5.02 Å². The molecule has 1 amide bonds. The van der Waals surface area contributed by atoms with E-state index in [0.717, 1.165) is 11.4 Å². The number of amides is 1. The Morgan fingerprint density at radius 1 is 1.23 bits per heavy atom. The van der Waals surface area contributed by atoms with Crippen molar-refractivity contribution in [1.29, 1.82) is 0 Å². The van der Waals surface area contributed by atoms with Gasteiger partial charge in [0, 0.05) is 29.4 Å². The Hall–Kier alpha value is -2.18. The number of hydrogen-bond acceptors (Lipinski definition) is 4. The lowest BCUT2D eigenvalue weighted by molar-refractivity contribution is -0.129. The lowest BCUT2D eigenvalue weighted by Crippen LogP contribution is -2.42. The van der Waals surface area contributed by atoms with Crippen molar-refractivity contribution in [2.75, 3.05) is 13.1 Å². The van der Waals surface area contributed by atoms with E-state index in [-0.39, 0.29) is 40.9 Å². The molecule has 2 fully saturated rings. The molecule has 0 unspecified atom stereocenters. The molecule has 1 aliphatic heterocycles. The van der Waals surface area contributed by atoms with Gasteiger partial charge in [-0.3, -0.25) is 9.78 Å². The zero-order chi connectivity index (χ0) is 21.4. The third-order valence-corrected chi connectivity index (χ3v) is 6.64. The average Bonchev–Trinajstić information content (AvgIpc) is 3.10. The fourth-order valence-corrected chi connectivity index (χ4v) is 4.88. The molecule has 1 aromatic carbocycles. The Morgan fingerprint density at radius 3 is 2.67 bits per heavy atom. The molecule has 4 rings (SSSR count). The summed E-state index contributed by atoms with van der Waals surface area (Å²) in [4.78, 5) is 19.0. The lowest BCUT2D eigenvalue weighted by Gasteiger charge is -2.35. The highest BCUT2D eigenvalue weighted by Gasteiger charge is 2.44. The second-order valence-electron chi connectivity index (χ2n) is 8.43. The molecule has 0 radical (unpaired) electrons. The summed E-state index contributed by atoms with van der Waals surface area (Å²) in [6.45, 7) is 4.98. The summed E-state index contributed by atoms with van der Waals surface area (Å²) in [6, 6.07) is 8.22. The standard InChI is InChI=1S/C23H26ClFN2O3/c1-13-6-7-21(14(2)26-13)30-22-9-16-12-27(11-15(16)8-20(22)28)23(29)10-17-18(24)4-3-5-19(17)25/h3-7,15-16,20,22,28H,8-12H2,1-2H3/t15-,16+,20+,22+/m0/s1. The van der Waals surface area contributed by atoms with Crippen molar-refractivity contribution < 1.29 is 19.0 Å². The van der Waals surface area contributed by atoms with E-state index < -0.39 is 11.9 Å². The Morgan fingerprint density at radius 2 is 1.97 bits per heavy atom. The monoisotopic (exact) mass is 432 g/mol. The van der Waals surface area contributed by atoms with Crippen molar-refractivity contribution in [3.05, 3.63) is 58.1 Å². The fraction of sp³-hybridized carbons (Fsp3) is 0.478. The van der Waals surface area contributed by atoms with E-state index in [1.54, 1.807) is 11.0 Å². The van der Waals surface area contributed by atoms with Crippen LogP contribution in [0.15, 0.2) is 30.3 Å². The number of carbonyl (C=O) groups is 1. The summed E-state index contributed by atoms with van der Waals surface area (Å²) in [6.07, 6.45) is 0.275. The zero-order valence-electron chi connectivity index (χ0n) is 17.1. The molecule has 4 atom stereocenters. The highest BCUT2D eigenvalue weighted by molar-refractivity contribution is 6.31. The molecule has 2 aromatic rings. The van der Waals surface area contributed by atoms with E-state index in [9.17, 15) is 14.3 Å². The van der Waals surface area contributed by atoms with Crippen LogP contribution in [0.1, 0.15) is 29.8 Å². The molecule has 1 saturated carbocycles. The molecule has 0 bridgehead atoms. The SMILES string of the molecule is Cc1ccc(O[C@@H]2C[C@@H]3CN(C(=O)Cc4c(F)cccc4Cl)C[C@@H]3C[C@H]2O)c(C)n1. The Bertz CT molecular complexity index is 934. The van der Waals surface area contributed by atoms with Gasteiger partial charge in [-0.2, -0.15) is 0 Å². The maximum atomic E-state index is 14.1.